The molecular weight excluding hydrogens is 260 g/mol. The molecule has 0 aliphatic carbocycles. The Morgan fingerprint density at radius 1 is 1.22 bits per heavy atom. The van der Waals surface area contributed by atoms with Gasteiger partial charge in [-0.15, -0.1) is 0 Å². The van der Waals surface area contributed by atoms with Crippen molar-refractivity contribution in [1.29, 1.82) is 10.5 Å². The first-order valence-electron chi connectivity index (χ1n) is 4.73. The average Bonchev–Trinajstić information content (AvgIpc) is 2.72. The number of nitrogens with zero attached hydrogens (tertiary/aromatic N) is 5. The van der Waals surface area contributed by atoms with Crippen LogP contribution in [0.25, 0.3) is 11.2 Å². The number of aromatic nitrogens is 4. The van der Waals surface area contributed by atoms with Crippen molar-refractivity contribution in [3.63, 3.8) is 0 Å². The van der Waals surface area contributed by atoms with Crippen LogP contribution in [0, 0.1) is 22.7 Å². The van der Waals surface area contributed by atoms with Crippen molar-refractivity contribution >= 4 is 22.8 Å². The third-order valence-electron chi connectivity index (χ3n) is 2.29. The number of nitrogens with one attached hydrogen (secondary N) is 1. The van der Waals surface area contributed by atoms with Crippen LogP contribution in [-0.2, 0) is 13.1 Å². The molecule has 0 unspecified atom stereocenters. The second-order valence-electron chi connectivity index (χ2n) is 3.30. The molecule has 9 heteroatoms. The standard InChI is InChI=1S/C9H5ClN6O2/c10-8-13-5-6(14-8)15(3-1-11)9(18)16(4-2-12)7(5)17/h3-4H2,(H,13,14). The molecule has 2 rings (SSSR count). The molecule has 18 heavy (non-hydrogen) atoms. The summed E-state index contributed by atoms with van der Waals surface area (Å²) in [6.45, 7) is -0.697. The van der Waals surface area contributed by atoms with Gasteiger partial charge in [-0.1, -0.05) is 0 Å². The van der Waals surface area contributed by atoms with Gasteiger partial charge in [-0.25, -0.2) is 9.36 Å². The van der Waals surface area contributed by atoms with Gasteiger partial charge in [0.15, 0.2) is 11.2 Å². The summed E-state index contributed by atoms with van der Waals surface area (Å²) in [6, 6.07) is 3.49. The van der Waals surface area contributed by atoms with Gasteiger partial charge in [0.2, 0.25) is 5.28 Å². The Bertz CT molecular complexity index is 815. The van der Waals surface area contributed by atoms with Gasteiger partial charge in [0.25, 0.3) is 5.56 Å². The zero-order chi connectivity index (χ0) is 13.3. The van der Waals surface area contributed by atoms with E-state index in [2.05, 4.69) is 9.97 Å². The normalized spacial score (nSPS) is 10.2. The fraction of sp³-hybridized carbons (Fsp3) is 0.222. The van der Waals surface area contributed by atoms with Crippen LogP contribution >= 0.6 is 11.6 Å². The van der Waals surface area contributed by atoms with Crippen molar-refractivity contribution < 1.29 is 0 Å². The molecule has 0 radical (unpaired) electrons. The summed E-state index contributed by atoms with van der Waals surface area (Å²) >= 11 is 5.63. The van der Waals surface area contributed by atoms with Crippen LogP contribution in [0.3, 0.4) is 0 Å². The maximum absolute atomic E-state index is 11.9. The average molecular weight is 265 g/mol. The predicted octanol–water partition coefficient (Wildman–Crippen LogP) is -0.413. The number of fused-ring (bicyclic) bond motifs is 1. The van der Waals surface area contributed by atoms with Gasteiger partial charge in [-0.2, -0.15) is 15.5 Å². The van der Waals surface area contributed by atoms with Crippen molar-refractivity contribution in [2.24, 2.45) is 0 Å². The van der Waals surface area contributed by atoms with Gasteiger partial charge < -0.3 is 4.98 Å². The minimum atomic E-state index is -0.765. The molecule has 2 aromatic heterocycles. The SMILES string of the molecule is N#CCn1c(=O)c2[nH]c(Cl)nc2n(CC#N)c1=O. The quantitative estimate of drug-likeness (QED) is 0.739. The minimum absolute atomic E-state index is 0.00531. The molecule has 0 aliphatic rings. The van der Waals surface area contributed by atoms with Crippen LogP contribution in [0.4, 0.5) is 0 Å². The van der Waals surface area contributed by atoms with E-state index in [4.69, 9.17) is 22.1 Å². The molecule has 0 atom stereocenters. The smallest absolute Gasteiger partial charge is 0.323 e. The van der Waals surface area contributed by atoms with Gasteiger partial charge in [-0.3, -0.25) is 9.36 Å². The monoisotopic (exact) mass is 264 g/mol. The van der Waals surface area contributed by atoms with E-state index >= 15 is 0 Å². The Labute approximate surface area is 104 Å². The fourth-order valence-electron chi connectivity index (χ4n) is 1.56. The molecular formula is C9H5ClN6O2. The lowest BCUT2D eigenvalue weighted by molar-refractivity contribution is 0.653. The number of imidazole rings is 1. The van der Waals surface area contributed by atoms with E-state index in [9.17, 15) is 9.59 Å². The second-order valence-corrected chi connectivity index (χ2v) is 3.66. The summed E-state index contributed by atoms with van der Waals surface area (Å²) < 4.78 is 1.70. The van der Waals surface area contributed by atoms with Crippen molar-refractivity contribution in [3.05, 3.63) is 26.1 Å². The molecule has 1 N–H and O–H groups in total. The lowest BCUT2D eigenvalue weighted by Crippen LogP contribution is -2.39. The molecule has 0 spiro atoms. The topological polar surface area (TPSA) is 120 Å². The highest BCUT2D eigenvalue weighted by Gasteiger charge is 2.16. The zero-order valence-electron chi connectivity index (χ0n) is 8.84. The summed E-state index contributed by atoms with van der Waals surface area (Å²) in [4.78, 5) is 30.1. The first-order chi connectivity index (χ1) is 8.60. The molecule has 0 amide bonds. The van der Waals surface area contributed by atoms with Crippen LogP contribution in [-0.4, -0.2) is 19.1 Å². The Hall–Kier alpha value is -2.58. The lowest BCUT2D eigenvalue weighted by Gasteiger charge is -2.04. The lowest BCUT2D eigenvalue weighted by atomic mass is 10.5. The Morgan fingerprint density at radius 2 is 1.83 bits per heavy atom. The summed E-state index contributed by atoms with van der Waals surface area (Å²) in [5.41, 5.74) is -1.46. The summed E-state index contributed by atoms with van der Waals surface area (Å²) in [6.07, 6.45) is 0. The molecule has 0 aromatic carbocycles. The van der Waals surface area contributed by atoms with E-state index in [-0.39, 0.29) is 23.0 Å². The molecule has 8 nitrogen and oxygen atoms in total. The predicted molar refractivity (Wildman–Crippen MR) is 60.8 cm³/mol. The van der Waals surface area contributed by atoms with E-state index in [1.807, 2.05) is 0 Å². The van der Waals surface area contributed by atoms with E-state index in [0.717, 1.165) is 4.57 Å². The van der Waals surface area contributed by atoms with Gasteiger partial charge in [0.05, 0.1) is 12.1 Å². The third-order valence-corrected chi connectivity index (χ3v) is 2.47. The molecule has 0 bridgehead atoms. The number of rotatable bonds is 2. The maximum Gasteiger partial charge on any atom is 0.334 e. The van der Waals surface area contributed by atoms with Crippen LogP contribution in [0.5, 0.6) is 0 Å². The van der Waals surface area contributed by atoms with Gasteiger partial charge >= 0.3 is 5.69 Å². The molecule has 0 fully saturated rings. The van der Waals surface area contributed by atoms with E-state index in [1.54, 1.807) is 12.1 Å². The second kappa shape index (κ2) is 4.35. The van der Waals surface area contributed by atoms with Crippen LogP contribution in [0.15, 0.2) is 9.59 Å². The summed E-state index contributed by atoms with van der Waals surface area (Å²) in [5.74, 6) is 0. The van der Waals surface area contributed by atoms with Crippen molar-refractivity contribution in [3.8, 4) is 12.1 Å². The first kappa shape index (κ1) is 11.9. The third kappa shape index (κ3) is 1.65. The zero-order valence-corrected chi connectivity index (χ0v) is 9.60. The Morgan fingerprint density at radius 3 is 2.44 bits per heavy atom. The fourth-order valence-corrected chi connectivity index (χ4v) is 1.74. The highest BCUT2D eigenvalue weighted by atomic mass is 35.5. The van der Waals surface area contributed by atoms with E-state index in [1.165, 1.54) is 0 Å². The maximum atomic E-state index is 11.9. The largest absolute Gasteiger partial charge is 0.334 e. The van der Waals surface area contributed by atoms with Gasteiger partial charge in [-0.05, 0) is 11.6 Å². The Balaban J connectivity index is 2.98. The van der Waals surface area contributed by atoms with Crippen molar-refractivity contribution in [2.75, 3.05) is 0 Å². The highest BCUT2D eigenvalue weighted by molar-refractivity contribution is 6.28. The molecule has 2 aromatic rings. The highest BCUT2D eigenvalue weighted by Crippen LogP contribution is 2.09. The number of aromatic amines is 1. The van der Waals surface area contributed by atoms with E-state index in [0.29, 0.717) is 4.57 Å². The molecule has 0 saturated heterocycles. The van der Waals surface area contributed by atoms with E-state index < -0.39 is 17.8 Å². The summed E-state index contributed by atoms with van der Waals surface area (Å²) in [5, 5.41) is 17.2. The van der Waals surface area contributed by atoms with Crippen molar-refractivity contribution in [1.82, 2.24) is 19.1 Å². The number of H-pyrrole nitrogens is 1. The number of hydrogen-bond donors (Lipinski definition) is 1. The van der Waals surface area contributed by atoms with Crippen LogP contribution in [0.1, 0.15) is 0 Å². The molecule has 2 heterocycles. The van der Waals surface area contributed by atoms with Crippen LogP contribution in [0.2, 0.25) is 5.28 Å². The summed E-state index contributed by atoms with van der Waals surface area (Å²) in [7, 11) is 0. The Kier molecular flexibility index (Phi) is 2.88. The van der Waals surface area contributed by atoms with Crippen molar-refractivity contribution in [2.45, 2.75) is 13.1 Å². The minimum Gasteiger partial charge on any atom is -0.323 e. The van der Waals surface area contributed by atoms with Gasteiger partial charge in [0, 0.05) is 0 Å². The number of nitriles is 2. The number of halogens is 1. The van der Waals surface area contributed by atoms with Gasteiger partial charge in [0.1, 0.15) is 13.1 Å². The van der Waals surface area contributed by atoms with Crippen LogP contribution < -0.4 is 11.2 Å². The molecule has 0 aliphatic heterocycles. The molecule has 90 valence electrons. The molecule has 0 saturated carbocycles. The first-order valence-corrected chi connectivity index (χ1v) is 5.10. The number of hydrogen-bond acceptors (Lipinski definition) is 5.